The van der Waals surface area contributed by atoms with Gasteiger partial charge in [0, 0.05) is 18.3 Å². The molecule has 1 aliphatic heterocycles. The largest absolute Gasteiger partial charge is 0.464 e. The Morgan fingerprint density at radius 3 is 2.68 bits per heavy atom. The highest BCUT2D eigenvalue weighted by Gasteiger charge is 2.30. The number of methoxy groups -OCH3 is 1. The Hall–Kier alpha value is -3.44. The Morgan fingerprint density at radius 2 is 2.00 bits per heavy atom. The smallest absolute Gasteiger partial charge is 0.416 e. The average Bonchev–Trinajstić information content (AvgIpc) is 3.39. The van der Waals surface area contributed by atoms with E-state index in [1.807, 2.05) is 6.07 Å². The molecule has 178 valence electrons. The minimum Gasteiger partial charge on any atom is -0.464 e. The number of ether oxygens (including phenoxy) is 1. The molecular weight excluding hydrogens is 469 g/mol. The number of nitrogens with two attached hydrogens (primary N) is 1. The summed E-state index contributed by atoms with van der Waals surface area (Å²) in [5.41, 5.74) is 8.57. The predicted molar refractivity (Wildman–Crippen MR) is 123 cm³/mol. The fourth-order valence-corrected chi connectivity index (χ4v) is 4.58. The number of hydrogen-bond acceptors (Lipinski definition) is 7. The molecule has 3 aromatic rings. The number of rotatable bonds is 7. The van der Waals surface area contributed by atoms with E-state index in [1.54, 1.807) is 12.1 Å². The number of anilines is 2. The van der Waals surface area contributed by atoms with Crippen LogP contribution in [-0.4, -0.2) is 36.6 Å². The third kappa shape index (κ3) is 5.20. The minimum absolute atomic E-state index is 0.0889. The number of esters is 1. The van der Waals surface area contributed by atoms with Crippen molar-refractivity contribution >= 4 is 34.0 Å². The van der Waals surface area contributed by atoms with Gasteiger partial charge in [-0.2, -0.15) is 13.2 Å². The number of nitrogens with zero attached hydrogens (tertiary/aromatic N) is 1. The summed E-state index contributed by atoms with van der Waals surface area (Å²) in [6.45, 7) is 0.289. The molecule has 0 bridgehead atoms. The molecular formula is C23H21F3N4O3S. The van der Waals surface area contributed by atoms with Gasteiger partial charge in [0.05, 0.1) is 24.0 Å². The van der Waals surface area contributed by atoms with Crippen molar-refractivity contribution in [2.45, 2.75) is 25.1 Å². The number of carbonyl (C=O) groups excluding carboxylic acids is 2. The van der Waals surface area contributed by atoms with Gasteiger partial charge in [-0.15, -0.1) is 0 Å². The van der Waals surface area contributed by atoms with Crippen LogP contribution in [0.5, 0.6) is 0 Å². The highest BCUT2D eigenvalue weighted by atomic mass is 32.1. The zero-order valence-electron chi connectivity index (χ0n) is 18.0. The van der Waals surface area contributed by atoms with Crippen LogP contribution in [0.2, 0.25) is 0 Å². The monoisotopic (exact) mass is 490 g/mol. The van der Waals surface area contributed by atoms with E-state index in [1.165, 1.54) is 30.6 Å². The van der Waals surface area contributed by atoms with Gasteiger partial charge in [0.1, 0.15) is 0 Å². The number of benzene rings is 2. The molecule has 4 rings (SSSR count). The standard InChI is InChI=1S/C23H21F3N4O3S/c1-33-21(32)19-20(13-4-7-17-14(9-13)10-18(31)29-17)34-22(30-19)28-11-16(27)8-12-2-5-15(6-3-12)23(24,25)26/h2-7,9,16H,8,10-11,27H2,1H3,(H,28,30)(H,29,31). The molecule has 0 saturated carbocycles. The maximum Gasteiger partial charge on any atom is 0.416 e. The van der Waals surface area contributed by atoms with Crippen molar-refractivity contribution in [3.8, 4) is 10.4 Å². The lowest BCUT2D eigenvalue weighted by Gasteiger charge is -2.13. The Balaban J connectivity index is 1.46. The maximum absolute atomic E-state index is 12.7. The van der Waals surface area contributed by atoms with Crippen molar-refractivity contribution < 1.29 is 27.5 Å². The number of carbonyl (C=O) groups is 2. The molecule has 2 heterocycles. The summed E-state index contributed by atoms with van der Waals surface area (Å²) in [5.74, 6) is -0.683. The fraction of sp³-hybridized carbons (Fsp3) is 0.261. The number of aromatic nitrogens is 1. The van der Waals surface area contributed by atoms with Crippen LogP contribution >= 0.6 is 11.3 Å². The van der Waals surface area contributed by atoms with Crippen molar-refractivity contribution in [1.29, 1.82) is 0 Å². The first-order valence-electron chi connectivity index (χ1n) is 10.3. The van der Waals surface area contributed by atoms with Crippen molar-refractivity contribution in [1.82, 2.24) is 4.98 Å². The lowest BCUT2D eigenvalue weighted by molar-refractivity contribution is -0.137. The molecule has 0 fully saturated rings. The summed E-state index contributed by atoms with van der Waals surface area (Å²) in [4.78, 5) is 28.9. The topological polar surface area (TPSA) is 106 Å². The summed E-state index contributed by atoms with van der Waals surface area (Å²) in [5, 5.41) is 6.32. The first kappa shape index (κ1) is 23.7. The highest BCUT2D eigenvalue weighted by molar-refractivity contribution is 7.19. The van der Waals surface area contributed by atoms with E-state index in [9.17, 15) is 22.8 Å². The van der Waals surface area contributed by atoms with Gasteiger partial charge in [-0.3, -0.25) is 4.79 Å². The van der Waals surface area contributed by atoms with E-state index in [4.69, 9.17) is 10.5 Å². The maximum atomic E-state index is 12.7. The number of amides is 1. The summed E-state index contributed by atoms with van der Waals surface area (Å²) < 4.78 is 43.0. The zero-order chi connectivity index (χ0) is 24.5. The first-order chi connectivity index (χ1) is 16.1. The Morgan fingerprint density at radius 1 is 1.26 bits per heavy atom. The number of alkyl halides is 3. The summed E-state index contributed by atoms with van der Waals surface area (Å²) in [7, 11) is 1.27. The van der Waals surface area contributed by atoms with Crippen molar-refractivity contribution in [2.24, 2.45) is 5.73 Å². The van der Waals surface area contributed by atoms with E-state index in [0.29, 0.717) is 22.0 Å². The molecule has 34 heavy (non-hydrogen) atoms. The van der Waals surface area contributed by atoms with Gasteiger partial charge in [0.15, 0.2) is 10.8 Å². The van der Waals surface area contributed by atoms with Gasteiger partial charge in [-0.25, -0.2) is 9.78 Å². The minimum atomic E-state index is -4.38. The first-order valence-corrected chi connectivity index (χ1v) is 11.1. The third-order valence-electron chi connectivity index (χ3n) is 5.29. The SMILES string of the molecule is COC(=O)c1nc(NCC(N)Cc2ccc(C(F)(F)F)cc2)sc1-c1ccc2c(c1)CC(=O)N2. The number of nitrogens with one attached hydrogen (secondary N) is 2. The number of hydrogen-bond donors (Lipinski definition) is 3. The Kier molecular flexibility index (Phi) is 6.58. The van der Waals surface area contributed by atoms with Gasteiger partial charge in [0.25, 0.3) is 0 Å². The molecule has 0 radical (unpaired) electrons. The van der Waals surface area contributed by atoms with Crippen LogP contribution in [0.3, 0.4) is 0 Å². The van der Waals surface area contributed by atoms with Gasteiger partial charge >= 0.3 is 12.1 Å². The molecule has 0 saturated heterocycles. The lowest BCUT2D eigenvalue weighted by atomic mass is 10.0. The van der Waals surface area contributed by atoms with Crippen LogP contribution < -0.4 is 16.4 Å². The van der Waals surface area contributed by atoms with E-state index >= 15 is 0 Å². The highest BCUT2D eigenvalue weighted by Crippen LogP contribution is 2.36. The molecule has 7 nitrogen and oxygen atoms in total. The molecule has 1 aromatic heterocycles. The second kappa shape index (κ2) is 9.43. The molecule has 2 aromatic carbocycles. The average molecular weight is 491 g/mol. The molecule has 4 N–H and O–H groups in total. The van der Waals surface area contributed by atoms with Gasteiger partial charge in [-0.1, -0.05) is 29.5 Å². The van der Waals surface area contributed by atoms with E-state index in [2.05, 4.69) is 15.6 Å². The fourth-order valence-electron chi connectivity index (χ4n) is 3.62. The number of halogens is 3. The third-order valence-corrected chi connectivity index (χ3v) is 6.36. The molecule has 0 spiro atoms. The molecule has 1 aliphatic rings. The molecule has 1 unspecified atom stereocenters. The van der Waals surface area contributed by atoms with Crippen LogP contribution in [0.4, 0.5) is 24.0 Å². The Bertz CT molecular complexity index is 1230. The van der Waals surface area contributed by atoms with Crippen LogP contribution in [0.25, 0.3) is 10.4 Å². The number of fused-ring (bicyclic) bond motifs is 1. The predicted octanol–water partition coefficient (Wildman–Crippen LogP) is 4.09. The van der Waals surface area contributed by atoms with Crippen molar-refractivity contribution in [3.05, 3.63) is 64.8 Å². The van der Waals surface area contributed by atoms with Gasteiger partial charge in [0.2, 0.25) is 5.91 Å². The van der Waals surface area contributed by atoms with Crippen LogP contribution in [0, 0.1) is 0 Å². The second-order valence-electron chi connectivity index (χ2n) is 7.82. The van der Waals surface area contributed by atoms with Crippen LogP contribution in [-0.2, 0) is 28.5 Å². The summed E-state index contributed by atoms with van der Waals surface area (Å²) in [6.07, 6.45) is -3.76. The zero-order valence-corrected chi connectivity index (χ0v) is 18.8. The van der Waals surface area contributed by atoms with Crippen molar-refractivity contribution in [3.63, 3.8) is 0 Å². The van der Waals surface area contributed by atoms with Crippen molar-refractivity contribution in [2.75, 3.05) is 24.3 Å². The lowest BCUT2D eigenvalue weighted by Crippen LogP contribution is -2.31. The van der Waals surface area contributed by atoms with Crippen LogP contribution in [0.1, 0.15) is 27.2 Å². The van der Waals surface area contributed by atoms with Gasteiger partial charge in [-0.05, 0) is 47.4 Å². The number of thiazole rings is 1. The molecule has 11 heteroatoms. The summed E-state index contributed by atoms with van der Waals surface area (Å²) >= 11 is 1.25. The molecule has 1 amide bonds. The quantitative estimate of drug-likeness (QED) is 0.431. The second-order valence-corrected chi connectivity index (χ2v) is 8.82. The Labute approximate surface area is 197 Å². The normalized spacial score (nSPS) is 13.9. The van der Waals surface area contributed by atoms with E-state index in [-0.39, 0.29) is 24.6 Å². The molecule has 0 aliphatic carbocycles. The van der Waals surface area contributed by atoms with Gasteiger partial charge < -0.3 is 21.1 Å². The summed E-state index contributed by atoms with van der Waals surface area (Å²) in [6, 6.07) is 9.90. The van der Waals surface area contributed by atoms with E-state index in [0.717, 1.165) is 28.9 Å². The molecule has 1 atom stereocenters. The van der Waals surface area contributed by atoms with Crippen LogP contribution in [0.15, 0.2) is 42.5 Å². The van der Waals surface area contributed by atoms with E-state index < -0.39 is 23.8 Å².